The predicted octanol–water partition coefficient (Wildman–Crippen LogP) is 10.9. The molecule has 0 aromatic heterocycles. The number of methoxy groups -OCH3 is 6. The lowest BCUT2D eigenvalue weighted by atomic mass is 10.2. The molecule has 6 N–H and O–H groups in total. The summed E-state index contributed by atoms with van der Waals surface area (Å²) in [5, 5.41) is 48.6. The third-order valence-electron chi connectivity index (χ3n) is 16.4. The largest absolute Gasteiger partial charge is 0.496 e. The van der Waals surface area contributed by atoms with Gasteiger partial charge in [-0.05, 0) is 114 Å². The Bertz CT molecular complexity index is 3480. The van der Waals surface area contributed by atoms with Crippen LogP contribution in [0.15, 0.2) is 118 Å². The summed E-state index contributed by atoms with van der Waals surface area (Å²) in [6.07, 6.45) is 0. The molecular formula is C73H111Br2N15O17. The first kappa shape index (κ1) is 92.4. The number of likely N-dealkylation sites (N-methyl/N-ethyl adjacent to an activating group) is 3. The number of nitrogens with two attached hydrogens (primary N) is 2. The molecule has 6 aliphatic rings. The monoisotopic (exact) mass is 1630 g/mol. The maximum Gasteiger partial charge on any atom is 0.271 e. The molecule has 0 saturated carbocycles. The van der Waals surface area contributed by atoms with E-state index in [9.17, 15) is 40.5 Å². The number of piperazine rings is 3. The summed E-state index contributed by atoms with van der Waals surface area (Å²) in [6, 6.07) is 29.5. The number of halogens is 2. The number of hydrogen-bond acceptors (Lipinski definition) is 28. The van der Waals surface area contributed by atoms with E-state index >= 15 is 0 Å². The molecule has 0 amide bonds. The summed E-state index contributed by atoms with van der Waals surface area (Å²) in [5.41, 5.74) is 17.1. The van der Waals surface area contributed by atoms with E-state index in [-0.39, 0.29) is 27.7 Å². The van der Waals surface area contributed by atoms with Crippen LogP contribution in [0.4, 0.5) is 56.9 Å². The third-order valence-corrected chi connectivity index (χ3v) is 17.7. The summed E-state index contributed by atoms with van der Waals surface area (Å²) >= 11 is 6.29. The van der Waals surface area contributed by atoms with Crippen LogP contribution in [0, 0.1) is 40.5 Å². The molecule has 6 fully saturated rings. The van der Waals surface area contributed by atoms with E-state index in [0.717, 1.165) is 177 Å². The fourth-order valence-corrected chi connectivity index (χ4v) is 11.6. The molecule has 6 heterocycles. The van der Waals surface area contributed by atoms with E-state index in [4.69, 9.17) is 54.1 Å². The smallest absolute Gasteiger partial charge is 0.271 e. The van der Waals surface area contributed by atoms with Crippen molar-refractivity contribution in [2.45, 2.75) is 27.7 Å². The van der Waals surface area contributed by atoms with Gasteiger partial charge in [-0.1, -0.05) is 27.7 Å². The molecule has 6 aliphatic heterocycles. The van der Waals surface area contributed by atoms with Crippen LogP contribution >= 0.6 is 31.9 Å². The number of hydrogen-bond donors (Lipinski definition) is 4. The van der Waals surface area contributed by atoms with E-state index in [0.29, 0.717) is 45.2 Å². The van der Waals surface area contributed by atoms with Crippen molar-refractivity contribution in [3.63, 3.8) is 0 Å². The van der Waals surface area contributed by atoms with Gasteiger partial charge in [0.15, 0.2) is 0 Å². The van der Waals surface area contributed by atoms with Gasteiger partial charge in [-0.3, -0.25) is 40.5 Å². The standard InChI is InChI=1S/C12H17N3O3.C12H19N3O.C11H14N2O4.C11H16N2O2.2C7H6BrNO3.C5H12N2.C4H9NO.2C2H6/c1-13-5-7-14(8-6-13)11-9-10(15(16)17)3-4-12(11)18-2;1-14-5-7-15(8-6-14)11-9-10(13)3-4-12(11)16-2;1-16-11-3-2-9(13(14)15)8-10(11)12-4-6-17-7-5-12;1-14-11-3-2-9(12)8-10(11)13-4-6-15-7-5-13;2*1-12-7-3-2-5(9(10)11)4-6(7)8;1-7-4-2-6-3-5-7;1-3-6-4-2-5-1;2*1-2/h3-4,9H,5-8H2,1-2H3;3-4,9H,5-8,13H2,1-2H3;2-3,8H,4-7H2,1H3;2-3,8H,4-7,12H2,1H3;2*2-4H,1H3;6H,2-5H2,1H3;5H,1-4H2;2*1-2H3. The topological polar surface area (TPSA) is 354 Å². The molecule has 0 bridgehead atoms. The van der Waals surface area contributed by atoms with Crippen molar-refractivity contribution < 1.29 is 62.3 Å². The summed E-state index contributed by atoms with van der Waals surface area (Å²) < 4.78 is 47.8. The minimum atomic E-state index is -0.454. The number of nitro groups is 4. The summed E-state index contributed by atoms with van der Waals surface area (Å²) in [4.78, 5) is 56.1. The van der Waals surface area contributed by atoms with Crippen LogP contribution in [0.5, 0.6) is 34.5 Å². The second-order valence-electron chi connectivity index (χ2n) is 23.4. The van der Waals surface area contributed by atoms with Gasteiger partial charge < -0.3 is 99.0 Å². The molecular weight excluding hydrogens is 1520 g/mol. The van der Waals surface area contributed by atoms with Crippen LogP contribution in [0.25, 0.3) is 0 Å². The number of nitrogen functional groups attached to an aromatic ring is 2. The zero-order chi connectivity index (χ0) is 79.2. The maximum atomic E-state index is 10.8. The zero-order valence-corrected chi connectivity index (χ0v) is 67.3. The van der Waals surface area contributed by atoms with Gasteiger partial charge in [-0.2, -0.15) is 0 Å². The number of nitro benzene ring substituents is 4. The zero-order valence-electron chi connectivity index (χ0n) is 64.1. The Morgan fingerprint density at radius 1 is 0.336 bits per heavy atom. The minimum absolute atomic E-state index is 0.0441. The number of non-ortho nitro benzene ring substituents is 4. The van der Waals surface area contributed by atoms with Crippen molar-refractivity contribution in [2.75, 3.05) is 252 Å². The molecule has 107 heavy (non-hydrogen) atoms. The third kappa shape index (κ3) is 33.0. The van der Waals surface area contributed by atoms with Gasteiger partial charge in [0, 0.05) is 178 Å². The Morgan fingerprint density at radius 3 is 0.822 bits per heavy atom. The highest BCUT2D eigenvalue weighted by molar-refractivity contribution is 9.11. The van der Waals surface area contributed by atoms with Crippen molar-refractivity contribution in [3.05, 3.63) is 159 Å². The molecule has 6 aromatic rings. The molecule has 0 aliphatic carbocycles. The highest BCUT2D eigenvalue weighted by Gasteiger charge is 2.23. The van der Waals surface area contributed by atoms with E-state index in [1.54, 1.807) is 64.8 Å². The van der Waals surface area contributed by atoms with Gasteiger partial charge in [-0.15, -0.1) is 0 Å². The van der Waals surface area contributed by atoms with Crippen LogP contribution in [0.2, 0.25) is 0 Å². The first-order chi connectivity index (χ1) is 51.5. The van der Waals surface area contributed by atoms with E-state index in [1.807, 2.05) is 69.0 Å². The van der Waals surface area contributed by atoms with Gasteiger partial charge in [0.25, 0.3) is 22.7 Å². The first-order valence-electron chi connectivity index (χ1n) is 35.2. The number of anilines is 6. The Balaban J connectivity index is 0.000000320. The molecule has 34 heteroatoms. The lowest BCUT2D eigenvalue weighted by Gasteiger charge is -2.34. The quantitative estimate of drug-likeness (QED) is 0.0447. The van der Waals surface area contributed by atoms with Gasteiger partial charge in [0.1, 0.15) is 34.5 Å². The lowest BCUT2D eigenvalue weighted by molar-refractivity contribution is -0.385. The maximum absolute atomic E-state index is 10.8. The van der Waals surface area contributed by atoms with Gasteiger partial charge >= 0.3 is 0 Å². The summed E-state index contributed by atoms with van der Waals surface area (Å²) in [7, 11) is 15.9. The molecule has 6 aromatic carbocycles. The number of morpholine rings is 3. The van der Waals surface area contributed by atoms with E-state index in [1.165, 1.54) is 63.7 Å². The molecule has 6 saturated heterocycles. The van der Waals surface area contributed by atoms with Gasteiger partial charge in [0.05, 0.1) is 134 Å². The molecule has 594 valence electrons. The van der Waals surface area contributed by atoms with E-state index in [2.05, 4.69) is 93.0 Å². The van der Waals surface area contributed by atoms with Crippen LogP contribution in [-0.4, -0.2) is 256 Å². The SMILES string of the molecule is C1COCCN1.CC.CC.CN1CCNCC1.COc1ccc(N)cc1N1CCN(C)CC1.COc1ccc(N)cc1N1CCOCC1.COc1ccc([N+](=O)[O-])cc1Br.COc1ccc([N+](=O)[O-])cc1Br.COc1ccc([N+](=O)[O-])cc1N1CCN(C)CC1.COc1ccc([N+](=O)[O-])cc1N1CCOCC1. The highest BCUT2D eigenvalue weighted by Crippen LogP contribution is 2.36. The number of nitrogens with zero attached hydrogens (tertiary/aromatic N) is 11. The van der Waals surface area contributed by atoms with Crippen LogP contribution in [0.3, 0.4) is 0 Å². The fraction of sp³-hybridized carbons (Fsp3) is 0.507. The van der Waals surface area contributed by atoms with Crippen LogP contribution < -0.4 is 70.1 Å². The molecule has 0 spiro atoms. The number of ether oxygens (including phenoxy) is 9. The molecule has 12 rings (SSSR count). The molecule has 32 nitrogen and oxygen atoms in total. The first-order valence-corrected chi connectivity index (χ1v) is 36.8. The van der Waals surface area contributed by atoms with Crippen LogP contribution in [0.1, 0.15) is 27.7 Å². The number of nitrogens with one attached hydrogen (secondary N) is 2. The van der Waals surface area contributed by atoms with Gasteiger partial charge in [-0.25, -0.2) is 0 Å². The Hall–Kier alpha value is -8.84. The van der Waals surface area contributed by atoms with Crippen LogP contribution in [-0.2, 0) is 14.2 Å². The Labute approximate surface area is 646 Å². The van der Waals surface area contributed by atoms with Crippen molar-refractivity contribution in [2.24, 2.45) is 0 Å². The second-order valence-corrected chi connectivity index (χ2v) is 25.1. The average Bonchev–Trinajstić information content (AvgIpc) is 0.805. The van der Waals surface area contributed by atoms with Crippen molar-refractivity contribution in [1.29, 1.82) is 0 Å². The van der Waals surface area contributed by atoms with Gasteiger partial charge in [0.2, 0.25) is 0 Å². The number of benzene rings is 6. The van der Waals surface area contributed by atoms with Crippen molar-refractivity contribution in [1.82, 2.24) is 25.3 Å². The highest BCUT2D eigenvalue weighted by atomic mass is 79.9. The fourth-order valence-electron chi connectivity index (χ4n) is 10.5. The average molecular weight is 1630 g/mol. The second kappa shape index (κ2) is 52.2. The molecule has 0 radical (unpaired) electrons. The summed E-state index contributed by atoms with van der Waals surface area (Å²) in [6.45, 7) is 30.4. The van der Waals surface area contributed by atoms with E-state index < -0.39 is 14.8 Å². The number of rotatable bonds is 14. The van der Waals surface area contributed by atoms with Crippen molar-refractivity contribution >= 4 is 88.7 Å². The summed E-state index contributed by atoms with van der Waals surface area (Å²) in [5.74, 6) is 4.27. The Morgan fingerprint density at radius 2 is 0.579 bits per heavy atom. The predicted molar refractivity (Wildman–Crippen MR) is 431 cm³/mol. The lowest BCUT2D eigenvalue weighted by Crippen LogP contribution is -2.44. The minimum Gasteiger partial charge on any atom is -0.496 e. The normalized spacial score (nSPS) is 15.5. The molecule has 0 atom stereocenters. The molecule has 0 unspecified atom stereocenters. The van der Waals surface area contributed by atoms with Crippen molar-refractivity contribution in [3.8, 4) is 34.5 Å². The Kier molecular flexibility index (Phi) is 45.1.